The van der Waals surface area contributed by atoms with Gasteiger partial charge in [0.15, 0.2) is 0 Å². The van der Waals surface area contributed by atoms with E-state index in [0.29, 0.717) is 10.3 Å². The fourth-order valence-electron chi connectivity index (χ4n) is 1.94. The smallest absolute Gasteiger partial charge is 0.250 e. The van der Waals surface area contributed by atoms with Gasteiger partial charge in [-0.25, -0.2) is 13.1 Å². The van der Waals surface area contributed by atoms with E-state index in [2.05, 4.69) is 17.0 Å². The quantitative estimate of drug-likeness (QED) is 0.775. The Balaban J connectivity index is 1.95. The summed E-state index contributed by atoms with van der Waals surface area (Å²) in [5, 5.41) is 3.39. The lowest BCUT2D eigenvalue weighted by molar-refractivity contribution is 0.545. The molecular formula is C13H22N2O2S2. The van der Waals surface area contributed by atoms with Crippen molar-refractivity contribution in [3.05, 3.63) is 17.0 Å². The third-order valence-corrected chi connectivity index (χ3v) is 6.29. The van der Waals surface area contributed by atoms with Crippen molar-refractivity contribution in [2.45, 2.75) is 62.4 Å². The van der Waals surface area contributed by atoms with Gasteiger partial charge >= 0.3 is 0 Å². The van der Waals surface area contributed by atoms with Gasteiger partial charge in [-0.1, -0.05) is 13.3 Å². The number of thiophene rings is 1. The largest absolute Gasteiger partial charge is 0.309 e. The molecule has 1 atom stereocenters. The van der Waals surface area contributed by atoms with Gasteiger partial charge in [-0.3, -0.25) is 0 Å². The Bertz CT molecular complexity index is 506. The van der Waals surface area contributed by atoms with Crippen LogP contribution in [0.1, 0.15) is 44.4 Å². The highest BCUT2D eigenvalue weighted by atomic mass is 32.2. The van der Waals surface area contributed by atoms with Crippen molar-refractivity contribution in [1.82, 2.24) is 10.0 Å². The Kier molecular flexibility index (Phi) is 5.00. The molecule has 1 saturated carbocycles. The molecule has 0 spiro atoms. The molecule has 1 heterocycles. The minimum atomic E-state index is -3.34. The molecule has 0 aromatic carbocycles. The lowest BCUT2D eigenvalue weighted by atomic mass is 10.2. The van der Waals surface area contributed by atoms with E-state index in [9.17, 15) is 8.42 Å². The van der Waals surface area contributed by atoms with Crippen LogP contribution in [0.2, 0.25) is 0 Å². The number of nitrogens with one attached hydrogen (secondary N) is 2. The first-order chi connectivity index (χ1) is 9.01. The molecule has 1 aliphatic rings. The summed E-state index contributed by atoms with van der Waals surface area (Å²) in [7, 11) is -3.34. The second kappa shape index (κ2) is 6.35. The van der Waals surface area contributed by atoms with Gasteiger partial charge in [-0.15, -0.1) is 11.3 Å². The molecule has 2 N–H and O–H groups in total. The second-order valence-corrected chi connectivity index (χ2v) is 8.30. The monoisotopic (exact) mass is 302 g/mol. The maximum Gasteiger partial charge on any atom is 0.250 e. The third-order valence-electron chi connectivity index (χ3n) is 3.12. The van der Waals surface area contributed by atoms with E-state index in [0.717, 1.165) is 24.3 Å². The Labute approximate surface area is 119 Å². The van der Waals surface area contributed by atoms with Gasteiger partial charge in [0.2, 0.25) is 10.0 Å². The van der Waals surface area contributed by atoms with Gasteiger partial charge in [0.25, 0.3) is 0 Å². The Morgan fingerprint density at radius 1 is 1.42 bits per heavy atom. The van der Waals surface area contributed by atoms with Crippen molar-refractivity contribution >= 4 is 21.4 Å². The number of sulfonamides is 1. The summed E-state index contributed by atoms with van der Waals surface area (Å²) in [4.78, 5) is 1.08. The summed E-state index contributed by atoms with van der Waals surface area (Å²) in [5.41, 5.74) is 0. The van der Waals surface area contributed by atoms with Gasteiger partial charge in [-0.2, -0.15) is 0 Å². The van der Waals surface area contributed by atoms with E-state index in [1.54, 1.807) is 6.07 Å². The fraction of sp³-hybridized carbons (Fsp3) is 0.692. The fourth-order valence-corrected chi connectivity index (χ4v) is 4.55. The molecule has 4 nitrogen and oxygen atoms in total. The molecule has 1 aliphatic carbocycles. The van der Waals surface area contributed by atoms with Crippen molar-refractivity contribution < 1.29 is 8.42 Å². The van der Waals surface area contributed by atoms with Gasteiger partial charge in [0.1, 0.15) is 4.21 Å². The number of hydrogen-bond acceptors (Lipinski definition) is 4. The summed E-state index contributed by atoms with van der Waals surface area (Å²) >= 11 is 1.36. The molecule has 1 unspecified atom stereocenters. The minimum absolute atomic E-state index is 0.00913. The topological polar surface area (TPSA) is 58.2 Å². The van der Waals surface area contributed by atoms with Crippen LogP contribution in [0.3, 0.4) is 0 Å². The standard InChI is InChI=1S/C13H22N2O2S2/c1-3-4-10(2)15-19(16,17)13-8-7-12(18-13)9-14-11-5-6-11/h7-8,10-11,14-15H,3-6,9H2,1-2H3. The maximum atomic E-state index is 12.2. The van der Waals surface area contributed by atoms with Gasteiger partial charge in [0, 0.05) is 23.5 Å². The molecule has 1 aromatic rings. The molecule has 0 saturated heterocycles. The molecule has 0 aliphatic heterocycles. The van der Waals surface area contributed by atoms with Crippen LogP contribution in [0.15, 0.2) is 16.3 Å². The zero-order valence-electron chi connectivity index (χ0n) is 11.5. The van der Waals surface area contributed by atoms with Gasteiger partial charge in [0.05, 0.1) is 0 Å². The van der Waals surface area contributed by atoms with Gasteiger partial charge < -0.3 is 5.32 Å². The van der Waals surface area contributed by atoms with Crippen molar-refractivity contribution in [3.8, 4) is 0 Å². The third kappa shape index (κ3) is 4.56. The predicted molar refractivity (Wildman–Crippen MR) is 78.9 cm³/mol. The van der Waals surface area contributed by atoms with E-state index < -0.39 is 10.0 Å². The predicted octanol–water partition coefficient (Wildman–Crippen LogP) is 2.47. The Morgan fingerprint density at radius 3 is 2.79 bits per heavy atom. The summed E-state index contributed by atoms with van der Waals surface area (Å²) in [5.74, 6) is 0. The summed E-state index contributed by atoms with van der Waals surface area (Å²) < 4.78 is 27.5. The van der Waals surface area contributed by atoms with E-state index in [-0.39, 0.29) is 6.04 Å². The zero-order chi connectivity index (χ0) is 13.9. The summed E-state index contributed by atoms with van der Waals surface area (Å²) in [6.07, 6.45) is 4.32. The summed E-state index contributed by atoms with van der Waals surface area (Å²) in [6.45, 7) is 4.73. The Morgan fingerprint density at radius 2 is 2.16 bits per heavy atom. The molecule has 0 bridgehead atoms. The van der Waals surface area contributed by atoms with Crippen LogP contribution in [-0.2, 0) is 16.6 Å². The molecule has 6 heteroatoms. The normalized spacial score (nSPS) is 17.6. The first-order valence-electron chi connectivity index (χ1n) is 6.85. The molecule has 0 radical (unpaired) electrons. The average molecular weight is 302 g/mol. The molecule has 108 valence electrons. The van der Waals surface area contributed by atoms with Crippen molar-refractivity contribution in [3.63, 3.8) is 0 Å². The lowest BCUT2D eigenvalue weighted by Crippen LogP contribution is -2.31. The first kappa shape index (κ1) is 15.0. The zero-order valence-corrected chi connectivity index (χ0v) is 13.1. The molecule has 2 rings (SSSR count). The lowest BCUT2D eigenvalue weighted by Gasteiger charge is -2.11. The highest BCUT2D eigenvalue weighted by Crippen LogP contribution is 2.24. The van der Waals surface area contributed by atoms with Crippen LogP contribution in [0, 0.1) is 0 Å². The van der Waals surface area contributed by atoms with Crippen molar-refractivity contribution in [1.29, 1.82) is 0 Å². The van der Waals surface area contributed by atoms with Crippen LogP contribution >= 0.6 is 11.3 Å². The van der Waals surface area contributed by atoms with Gasteiger partial charge in [-0.05, 0) is 38.3 Å². The molecule has 0 amide bonds. The number of hydrogen-bond donors (Lipinski definition) is 2. The van der Waals surface area contributed by atoms with E-state index >= 15 is 0 Å². The van der Waals surface area contributed by atoms with E-state index in [1.807, 2.05) is 13.0 Å². The molecule has 1 fully saturated rings. The first-order valence-corrected chi connectivity index (χ1v) is 9.15. The number of rotatable bonds is 8. The van der Waals surface area contributed by atoms with Crippen molar-refractivity contribution in [2.75, 3.05) is 0 Å². The minimum Gasteiger partial charge on any atom is -0.309 e. The highest BCUT2D eigenvalue weighted by Gasteiger charge is 2.22. The molecule has 1 aromatic heterocycles. The van der Waals surface area contributed by atoms with E-state index in [1.165, 1.54) is 24.2 Å². The molecule has 19 heavy (non-hydrogen) atoms. The van der Waals surface area contributed by atoms with Crippen molar-refractivity contribution in [2.24, 2.45) is 0 Å². The highest BCUT2D eigenvalue weighted by molar-refractivity contribution is 7.91. The van der Waals surface area contributed by atoms with Crippen LogP contribution < -0.4 is 10.0 Å². The van der Waals surface area contributed by atoms with Crippen LogP contribution in [-0.4, -0.2) is 20.5 Å². The van der Waals surface area contributed by atoms with Crippen LogP contribution in [0.25, 0.3) is 0 Å². The average Bonchev–Trinajstić information content (AvgIpc) is 3.02. The van der Waals surface area contributed by atoms with E-state index in [4.69, 9.17) is 0 Å². The van der Waals surface area contributed by atoms with Crippen LogP contribution in [0.4, 0.5) is 0 Å². The second-order valence-electron chi connectivity index (χ2n) is 5.19. The molecular weight excluding hydrogens is 280 g/mol. The SMILES string of the molecule is CCCC(C)NS(=O)(=O)c1ccc(CNC2CC2)s1. The van der Waals surface area contributed by atoms with Crippen LogP contribution in [0.5, 0.6) is 0 Å². The Hall–Kier alpha value is -0.430. The summed E-state index contributed by atoms with van der Waals surface area (Å²) in [6, 6.07) is 4.24. The maximum absolute atomic E-state index is 12.2.